The van der Waals surface area contributed by atoms with E-state index in [0.29, 0.717) is 5.56 Å². The Balaban J connectivity index is 1.69. The van der Waals surface area contributed by atoms with Crippen LogP contribution in [-0.2, 0) is 0 Å². The molecule has 2 N–H and O–H groups in total. The van der Waals surface area contributed by atoms with Gasteiger partial charge in [-0.1, -0.05) is 18.2 Å². The molecule has 5 heteroatoms. The van der Waals surface area contributed by atoms with Crippen LogP contribution in [0.15, 0.2) is 66.7 Å². The third-order valence-electron chi connectivity index (χ3n) is 5.33. The zero-order valence-electron chi connectivity index (χ0n) is 16.4. The minimum Gasteiger partial charge on any atom is -0.355 e. The van der Waals surface area contributed by atoms with Crippen LogP contribution < -0.4 is 0 Å². The fourth-order valence-corrected chi connectivity index (χ4v) is 3.92. The Hall–Kier alpha value is -4.25. The van der Waals surface area contributed by atoms with Crippen molar-refractivity contribution in [1.29, 1.82) is 0 Å². The van der Waals surface area contributed by atoms with Gasteiger partial charge in [-0.15, -0.1) is 0 Å². The Bertz CT molecular complexity index is 1550. The summed E-state index contributed by atoms with van der Waals surface area (Å²) in [5, 5.41) is 0. The Labute approximate surface area is 177 Å². The summed E-state index contributed by atoms with van der Waals surface area (Å²) in [6.45, 7) is 0. The molecule has 0 radical (unpaired) electrons. The van der Waals surface area contributed by atoms with Crippen molar-refractivity contribution < 1.29 is 4.39 Å². The molecule has 2 aliphatic heterocycles. The van der Waals surface area contributed by atoms with E-state index in [-0.39, 0.29) is 5.82 Å². The van der Waals surface area contributed by atoms with Crippen LogP contribution in [0.25, 0.3) is 57.5 Å². The third-order valence-corrected chi connectivity index (χ3v) is 5.33. The first-order valence-corrected chi connectivity index (χ1v) is 10.0. The molecule has 0 unspecified atom stereocenters. The van der Waals surface area contributed by atoms with Gasteiger partial charge in [0.25, 0.3) is 0 Å². The molecule has 4 nitrogen and oxygen atoms in total. The van der Waals surface area contributed by atoms with Crippen LogP contribution in [0.4, 0.5) is 4.39 Å². The van der Waals surface area contributed by atoms with Crippen LogP contribution in [0.3, 0.4) is 0 Å². The summed E-state index contributed by atoms with van der Waals surface area (Å²) < 4.78 is 14.6. The van der Waals surface area contributed by atoms with E-state index in [1.807, 2.05) is 72.8 Å². The lowest BCUT2D eigenvalue weighted by Gasteiger charge is -2.00. The molecule has 0 aliphatic carbocycles. The Morgan fingerprint density at radius 3 is 1.94 bits per heavy atom. The number of halogens is 1. The van der Waals surface area contributed by atoms with Crippen molar-refractivity contribution in [2.75, 3.05) is 0 Å². The fraction of sp³-hybridized carbons (Fsp3) is 0. The monoisotopic (exact) mass is 404 g/mol. The summed E-state index contributed by atoms with van der Waals surface area (Å²) in [5.74, 6) is -0.257. The SMILES string of the molecule is Fc1ccccc1-c1cc2cc3ccc(cc4nc(cc5nc(cc1[nH]2)C=C5)C=C4)[nH]3. The standard InChI is InChI=1S/C26H17FN4/c27-25-4-2-1-3-23(25)24-14-22-13-20-8-7-18(29-20)11-16-5-6-17(28-16)12-19-9-10-21(30-19)15-26(24)31-22/h1-15,29,31H. The quantitative estimate of drug-likeness (QED) is 0.330. The van der Waals surface area contributed by atoms with Crippen LogP contribution in [0.5, 0.6) is 0 Å². The van der Waals surface area contributed by atoms with E-state index in [1.54, 1.807) is 12.1 Å². The molecule has 2 aliphatic rings. The molecule has 0 spiro atoms. The maximum atomic E-state index is 14.6. The largest absolute Gasteiger partial charge is 0.355 e. The number of nitrogens with one attached hydrogen (secondary N) is 2. The summed E-state index contributed by atoms with van der Waals surface area (Å²) in [6.07, 6.45) is 7.87. The van der Waals surface area contributed by atoms with Crippen LogP contribution in [0.1, 0.15) is 22.8 Å². The predicted molar refractivity (Wildman–Crippen MR) is 124 cm³/mol. The van der Waals surface area contributed by atoms with Crippen molar-refractivity contribution in [1.82, 2.24) is 19.9 Å². The molecule has 0 atom stereocenters. The summed E-state index contributed by atoms with van der Waals surface area (Å²) in [7, 11) is 0. The highest BCUT2D eigenvalue weighted by molar-refractivity contribution is 5.88. The van der Waals surface area contributed by atoms with Gasteiger partial charge in [0.05, 0.1) is 22.8 Å². The van der Waals surface area contributed by atoms with Crippen LogP contribution in [-0.4, -0.2) is 19.9 Å². The molecule has 0 saturated heterocycles. The van der Waals surface area contributed by atoms with Gasteiger partial charge in [-0.3, -0.25) is 0 Å². The van der Waals surface area contributed by atoms with Crippen molar-refractivity contribution in [3.63, 3.8) is 0 Å². The molecule has 6 rings (SSSR count). The van der Waals surface area contributed by atoms with Gasteiger partial charge >= 0.3 is 0 Å². The average molecular weight is 404 g/mol. The van der Waals surface area contributed by atoms with Gasteiger partial charge in [-0.25, -0.2) is 14.4 Å². The molecular weight excluding hydrogens is 387 g/mol. The van der Waals surface area contributed by atoms with Crippen molar-refractivity contribution in [3.05, 3.63) is 95.3 Å². The Kier molecular flexibility index (Phi) is 3.93. The second-order valence-corrected chi connectivity index (χ2v) is 7.57. The van der Waals surface area contributed by atoms with E-state index in [1.165, 1.54) is 6.07 Å². The topological polar surface area (TPSA) is 57.4 Å². The van der Waals surface area contributed by atoms with E-state index < -0.39 is 0 Å². The molecule has 148 valence electrons. The first-order valence-electron chi connectivity index (χ1n) is 10.0. The number of hydrogen-bond donors (Lipinski definition) is 2. The highest BCUT2D eigenvalue weighted by Crippen LogP contribution is 2.29. The highest BCUT2D eigenvalue weighted by Gasteiger charge is 2.10. The molecule has 0 saturated carbocycles. The molecule has 4 aromatic rings. The molecule has 31 heavy (non-hydrogen) atoms. The second kappa shape index (κ2) is 6.92. The van der Waals surface area contributed by atoms with Gasteiger partial charge in [0.15, 0.2) is 0 Å². The van der Waals surface area contributed by atoms with Crippen molar-refractivity contribution >= 4 is 46.4 Å². The van der Waals surface area contributed by atoms with Gasteiger partial charge in [0.1, 0.15) is 5.82 Å². The van der Waals surface area contributed by atoms with Gasteiger partial charge in [-0.05, 0) is 72.8 Å². The molecule has 8 bridgehead atoms. The number of rotatable bonds is 1. The van der Waals surface area contributed by atoms with Crippen molar-refractivity contribution in [2.24, 2.45) is 0 Å². The Morgan fingerprint density at radius 2 is 1.19 bits per heavy atom. The third kappa shape index (κ3) is 3.36. The molecule has 3 aromatic heterocycles. The van der Waals surface area contributed by atoms with Gasteiger partial charge in [0.2, 0.25) is 0 Å². The van der Waals surface area contributed by atoms with E-state index in [4.69, 9.17) is 0 Å². The lowest BCUT2D eigenvalue weighted by atomic mass is 10.1. The summed E-state index contributed by atoms with van der Waals surface area (Å²) in [4.78, 5) is 16.1. The van der Waals surface area contributed by atoms with Crippen LogP contribution >= 0.6 is 0 Å². The number of aromatic nitrogens is 4. The van der Waals surface area contributed by atoms with Crippen LogP contribution in [0.2, 0.25) is 0 Å². The van der Waals surface area contributed by atoms with E-state index in [0.717, 1.165) is 50.4 Å². The summed E-state index contributed by atoms with van der Waals surface area (Å²) >= 11 is 0. The molecule has 0 fully saturated rings. The lowest BCUT2D eigenvalue weighted by Crippen LogP contribution is -1.82. The number of nitrogens with zero attached hydrogens (tertiary/aromatic N) is 2. The number of fused-ring (bicyclic) bond motifs is 8. The van der Waals surface area contributed by atoms with Gasteiger partial charge < -0.3 is 9.97 Å². The normalized spacial score (nSPS) is 12.4. The number of aromatic amines is 2. The number of benzene rings is 1. The molecular formula is C26H17FN4. The van der Waals surface area contributed by atoms with Gasteiger partial charge in [0, 0.05) is 33.2 Å². The second-order valence-electron chi connectivity index (χ2n) is 7.57. The minimum atomic E-state index is -0.257. The number of H-pyrrole nitrogens is 2. The van der Waals surface area contributed by atoms with E-state index >= 15 is 0 Å². The first-order chi connectivity index (χ1) is 15.2. The lowest BCUT2D eigenvalue weighted by molar-refractivity contribution is 0.631. The maximum Gasteiger partial charge on any atom is 0.131 e. The molecule has 1 aromatic carbocycles. The van der Waals surface area contributed by atoms with Gasteiger partial charge in [-0.2, -0.15) is 0 Å². The first kappa shape index (κ1) is 17.6. The fourth-order valence-electron chi connectivity index (χ4n) is 3.92. The molecule has 5 heterocycles. The Morgan fingerprint density at radius 1 is 0.548 bits per heavy atom. The van der Waals surface area contributed by atoms with Crippen molar-refractivity contribution in [3.8, 4) is 11.1 Å². The zero-order valence-corrected chi connectivity index (χ0v) is 16.4. The average Bonchev–Trinajstić information content (AvgIpc) is 3.53. The predicted octanol–water partition coefficient (Wildman–Crippen LogP) is 6.46. The van der Waals surface area contributed by atoms with E-state index in [2.05, 4.69) is 19.9 Å². The molecule has 0 amide bonds. The van der Waals surface area contributed by atoms with Crippen LogP contribution in [0, 0.1) is 5.82 Å². The maximum absolute atomic E-state index is 14.6. The number of hydrogen-bond acceptors (Lipinski definition) is 2. The smallest absolute Gasteiger partial charge is 0.131 e. The summed E-state index contributed by atoms with van der Waals surface area (Å²) in [5.41, 5.74) is 8.29. The zero-order chi connectivity index (χ0) is 20.8. The highest BCUT2D eigenvalue weighted by atomic mass is 19.1. The van der Waals surface area contributed by atoms with Crippen molar-refractivity contribution in [2.45, 2.75) is 0 Å². The minimum absolute atomic E-state index is 0.257. The van der Waals surface area contributed by atoms with E-state index in [9.17, 15) is 4.39 Å². The summed E-state index contributed by atoms with van der Waals surface area (Å²) in [6, 6.07) is 20.7.